The predicted octanol–water partition coefficient (Wildman–Crippen LogP) is 2.59. The molecule has 0 rings (SSSR count). The lowest BCUT2D eigenvalue weighted by molar-refractivity contribution is 0.123. The summed E-state index contributed by atoms with van der Waals surface area (Å²) in [7, 11) is 1.79. The lowest BCUT2D eigenvalue weighted by Gasteiger charge is -2.25. The molecule has 0 aromatic heterocycles. The fourth-order valence-corrected chi connectivity index (χ4v) is 4.70. The zero-order valence-electron chi connectivity index (χ0n) is 10.3. The van der Waals surface area contributed by atoms with E-state index < -0.39 is 16.9 Å². The Hall–Kier alpha value is 0.314. The first kappa shape index (κ1) is 14.3. The molecule has 86 valence electrons. The second-order valence-electron chi connectivity index (χ2n) is 4.71. The summed E-state index contributed by atoms with van der Waals surface area (Å²) in [5.41, 5.74) is 0. The van der Waals surface area contributed by atoms with Crippen LogP contribution in [0.15, 0.2) is 0 Å². The normalized spacial score (nSPS) is 13.3. The largest absolute Gasteiger partial charge is 0.500 e. The molecule has 14 heavy (non-hydrogen) atoms. The van der Waals surface area contributed by atoms with Gasteiger partial charge in [0.1, 0.15) is 0 Å². The van der Waals surface area contributed by atoms with Gasteiger partial charge in [-0.3, -0.25) is 0 Å². The van der Waals surface area contributed by atoms with Crippen molar-refractivity contribution in [1.29, 1.82) is 0 Å². The molecule has 5 heteroatoms. The molecule has 0 amide bonds. The molecule has 0 aromatic rings. The van der Waals surface area contributed by atoms with E-state index in [-0.39, 0.29) is 0 Å². The van der Waals surface area contributed by atoms with Gasteiger partial charge in [0.25, 0.3) is 0 Å². The molecule has 0 radical (unpaired) electrons. The van der Waals surface area contributed by atoms with Crippen LogP contribution in [0.5, 0.6) is 0 Å². The Morgan fingerprint density at radius 1 is 0.786 bits per heavy atom. The molecule has 0 aliphatic heterocycles. The summed E-state index contributed by atoms with van der Waals surface area (Å²) in [4.78, 5) is 0. The molecule has 0 spiro atoms. The molecule has 0 unspecified atom stereocenters. The van der Waals surface area contributed by atoms with Crippen molar-refractivity contribution in [3.8, 4) is 0 Å². The Labute approximate surface area is 90.1 Å². The van der Waals surface area contributed by atoms with Crippen molar-refractivity contribution < 1.29 is 13.3 Å². The maximum Gasteiger partial charge on any atom is 0.500 e. The van der Waals surface area contributed by atoms with Crippen LogP contribution in [-0.4, -0.2) is 38.2 Å². The van der Waals surface area contributed by atoms with E-state index in [4.69, 9.17) is 13.3 Å². The fourth-order valence-electron chi connectivity index (χ4n) is 1.39. The van der Waals surface area contributed by atoms with Gasteiger partial charge in [0.05, 0.1) is 0 Å². The molecular formula is C9H24O3Si2. The van der Waals surface area contributed by atoms with Crippen LogP contribution in [0.1, 0.15) is 6.42 Å². The number of rotatable bonds is 7. The minimum absolute atomic E-state index is 0.931. The maximum absolute atomic E-state index is 5.36. The highest BCUT2D eigenvalue weighted by atomic mass is 28.4. The van der Waals surface area contributed by atoms with Gasteiger partial charge in [-0.15, -0.1) is 0 Å². The van der Waals surface area contributed by atoms with Crippen LogP contribution in [0.2, 0.25) is 31.7 Å². The topological polar surface area (TPSA) is 27.7 Å². The molecule has 3 nitrogen and oxygen atoms in total. The van der Waals surface area contributed by atoms with Crippen LogP contribution < -0.4 is 0 Å². The van der Waals surface area contributed by atoms with Gasteiger partial charge in [-0.2, -0.15) is 0 Å². The summed E-state index contributed by atoms with van der Waals surface area (Å²) < 4.78 is 16.1. The Morgan fingerprint density at radius 3 is 1.50 bits per heavy atom. The van der Waals surface area contributed by atoms with Crippen LogP contribution >= 0.6 is 0 Å². The second kappa shape index (κ2) is 6.02. The van der Waals surface area contributed by atoms with Gasteiger partial charge in [0, 0.05) is 35.4 Å². The summed E-state index contributed by atoms with van der Waals surface area (Å²) in [5.74, 6) is 0. The van der Waals surface area contributed by atoms with Gasteiger partial charge in [0.15, 0.2) is 0 Å². The average Bonchev–Trinajstić information content (AvgIpc) is 2.11. The van der Waals surface area contributed by atoms with Gasteiger partial charge in [0.2, 0.25) is 0 Å². The fraction of sp³-hybridized carbons (Fsp3) is 1.00. The minimum atomic E-state index is -2.29. The zero-order valence-corrected chi connectivity index (χ0v) is 12.3. The van der Waals surface area contributed by atoms with Crippen LogP contribution in [0.4, 0.5) is 0 Å². The van der Waals surface area contributed by atoms with Crippen LogP contribution in [0, 0.1) is 0 Å². The third-order valence-electron chi connectivity index (χ3n) is 2.34. The monoisotopic (exact) mass is 236 g/mol. The lowest BCUT2D eigenvalue weighted by atomic mass is 10.6. The van der Waals surface area contributed by atoms with Crippen molar-refractivity contribution in [2.24, 2.45) is 0 Å². The zero-order chi connectivity index (χ0) is 11.2. The van der Waals surface area contributed by atoms with E-state index in [1.807, 2.05) is 0 Å². The first-order chi connectivity index (χ1) is 6.39. The van der Waals surface area contributed by atoms with Crippen LogP contribution in [0.3, 0.4) is 0 Å². The van der Waals surface area contributed by atoms with Gasteiger partial charge in [-0.05, 0) is 0 Å². The van der Waals surface area contributed by atoms with Crippen LogP contribution in [-0.2, 0) is 13.3 Å². The molecule has 0 aliphatic rings. The van der Waals surface area contributed by atoms with Crippen molar-refractivity contribution in [1.82, 2.24) is 0 Å². The van der Waals surface area contributed by atoms with Gasteiger partial charge < -0.3 is 13.3 Å². The molecule has 0 bridgehead atoms. The summed E-state index contributed by atoms with van der Waals surface area (Å²) in [6, 6.07) is 2.23. The highest BCUT2D eigenvalue weighted by Gasteiger charge is 2.37. The van der Waals surface area contributed by atoms with E-state index in [1.54, 1.807) is 21.3 Å². The van der Waals surface area contributed by atoms with E-state index >= 15 is 0 Å². The van der Waals surface area contributed by atoms with Crippen molar-refractivity contribution in [2.45, 2.75) is 38.2 Å². The molecule has 0 heterocycles. The highest BCUT2D eigenvalue weighted by Crippen LogP contribution is 2.20. The Bertz CT molecular complexity index is 144. The van der Waals surface area contributed by atoms with Crippen LogP contribution in [0.25, 0.3) is 0 Å². The molecule has 0 saturated heterocycles. The van der Waals surface area contributed by atoms with E-state index in [2.05, 4.69) is 19.6 Å². The first-order valence-electron chi connectivity index (χ1n) is 5.04. The molecule has 0 aromatic carbocycles. The SMILES string of the molecule is CO[Si](CCC[Si](C)(C)C)(OC)OC. The number of hydrogen-bond acceptors (Lipinski definition) is 3. The van der Waals surface area contributed by atoms with E-state index in [0.29, 0.717) is 0 Å². The summed E-state index contributed by atoms with van der Waals surface area (Å²) in [6.45, 7) is 7.13. The molecule has 0 saturated carbocycles. The summed E-state index contributed by atoms with van der Waals surface area (Å²) in [5, 5.41) is 0. The summed E-state index contributed by atoms with van der Waals surface area (Å²) in [6.07, 6.45) is 1.15. The highest BCUT2D eigenvalue weighted by molar-refractivity contribution is 6.76. The van der Waals surface area contributed by atoms with Crippen molar-refractivity contribution in [3.05, 3.63) is 0 Å². The Morgan fingerprint density at radius 2 is 1.21 bits per heavy atom. The lowest BCUT2D eigenvalue weighted by Crippen LogP contribution is -2.42. The standard InChI is InChI=1S/C9H24O3Si2/c1-10-14(11-2,12-3)9-7-8-13(4,5)6/h7-9H2,1-6H3. The van der Waals surface area contributed by atoms with Gasteiger partial charge >= 0.3 is 8.80 Å². The Balaban J connectivity index is 3.95. The molecule has 0 aliphatic carbocycles. The van der Waals surface area contributed by atoms with Gasteiger partial charge in [-0.25, -0.2) is 0 Å². The quantitative estimate of drug-likeness (QED) is 0.636. The number of hydrogen-bond donors (Lipinski definition) is 0. The second-order valence-corrected chi connectivity index (χ2v) is 13.4. The third-order valence-corrected chi connectivity index (χ3v) is 7.03. The molecule has 0 atom stereocenters. The third kappa shape index (κ3) is 5.26. The average molecular weight is 236 g/mol. The molecule has 0 fully saturated rings. The Kier molecular flexibility index (Phi) is 6.15. The molecular weight excluding hydrogens is 212 g/mol. The van der Waals surface area contributed by atoms with Crippen molar-refractivity contribution in [2.75, 3.05) is 21.3 Å². The van der Waals surface area contributed by atoms with Crippen molar-refractivity contribution >= 4 is 16.9 Å². The van der Waals surface area contributed by atoms with Gasteiger partial charge in [-0.1, -0.05) is 32.1 Å². The van der Waals surface area contributed by atoms with E-state index in [0.717, 1.165) is 12.5 Å². The smallest absolute Gasteiger partial charge is 0.377 e. The minimum Gasteiger partial charge on any atom is -0.377 e. The van der Waals surface area contributed by atoms with E-state index in [1.165, 1.54) is 6.04 Å². The maximum atomic E-state index is 5.36. The first-order valence-corrected chi connectivity index (χ1v) is 10.7. The van der Waals surface area contributed by atoms with Crippen molar-refractivity contribution in [3.63, 3.8) is 0 Å². The molecule has 0 N–H and O–H groups in total. The summed E-state index contributed by atoms with van der Waals surface area (Å²) >= 11 is 0. The predicted molar refractivity (Wildman–Crippen MR) is 64.4 cm³/mol. The van der Waals surface area contributed by atoms with E-state index in [9.17, 15) is 0 Å².